The summed E-state index contributed by atoms with van der Waals surface area (Å²) in [5.74, 6) is 0.975. The summed E-state index contributed by atoms with van der Waals surface area (Å²) in [6, 6.07) is 22.3. The van der Waals surface area contributed by atoms with Gasteiger partial charge in [-0.3, -0.25) is 9.89 Å². The van der Waals surface area contributed by atoms with E-state index in [9.17, 15) is 9.90 Å². The van der Waals surface area contributed by atoms with Crippen LogP contribution in [-0.4, -0.2) is 46.9 Å². The standard InChI is InChI=1S/C25H25N3O4/c1-31-19-11-6-10-18(14-19)21(29)16-28(15-17-8-4-3-5-9-17)25(30)24-20-12-7-13-22(32-2)23(20)26-27-24/h3-14,21,29H,15-16H2,1-2H3,(H,26,27). The van der Waals surface area contributed by atoms with E-state index in [4.69, 9.17) is 9.47 Å². The summed E-state index contributed by atoms with van der Waals surface area (Å²) in [5.41, 5.74) is 2.57. The van der Waals surface area contributed by atoms with Crippen molar-refractivity contribution in [2.24, 2.45) is 0 Å². The van der Waals surface area contributed by atoms with E-state index in [1.165, 1.54) is 0 Å². The lowest BCUT2D eigenvalue weighted by Gasteiger charge is -2.25. The summed E-state index contributed by atoms with van der Waals surface area (Å²) >= 11 is 0. The topological polar surface area (TPSA) is 87.7 Å². The molecule has 1 amide bonds. The third-order valence-electron chi connectivity index (χ3n) is 5.36. The van der Waals surface area contributed by atoms with Gasteiger partial charge in [0.2, 0.25) is 0 Å². The lowest BCUT2D eigenvalue weighted by molar-refractivity contribution is 0.0599. The van der Waals surface area contributed by atoms with Crippen molar-refractivity contribution in [2.75, 3.05) is 20.8 Å². The Morgan fingerprint density at radius 1 is 1.03 bits per heavy atom. The molecule has 0 fully saturated rings. The molecule has 3 aromatic carbocycles. The van der Waals surface area contributed by atoms with Crippen LogP contribution in [0.1, 0.15) is 27.7 Å². The molecule has 1 atom stereocenters. The van der Waals surface area contributed by atoms with E-state index in [-0.39, 0.29) is 18.1 Å². The second-order valence-electron chi connectivity index (χ2n) is 7.42. The number of aliphatic hydroxyl groups is 1. The van der Waals surface area contributed by atoms with E-state index in [1.54, 1.807) is 25.2 Å². The van der Waals surface area contributed by atoms with Crippen molar-refractivity contribution in [3.05, 3.63) is 89.6 Å². The number of aromatic amines is 1. The molecule has 0 saturated heterocycles. The van der Waals surface area contributed by atoms with E-state index >= 15 is 0 Å². The number of carbonyl (C=O) groups excluding carboxylic acids is 1. The summed E-state index contributed by atoms with van der Waals surface area (Å²) in [4.78, 5) is 15.2. The zero-order valence-corrected chi connectivity index (χ0v) is 18.0. The van der Waals surface area contributed by atoms with Gasteiger partial charge in [-0.05, 0) is 29.3 Å². The van der Waals surface area contributed by atoms with Crippen LogP contribution in [0.15, 0.2) is 72.8 Å². The van der Waals surface area contributed by atoms with Crippen molar-refractivity contribution >= 4 is 16.8 Å². The number of nitrogens with zero attached hydrogens (tertiary/aromatic N) is 2. The molecule has 4 rings (SSSR count). The maximum atomic E-state index is 13.6. The fraction of sp³-hybridized carbons (Fsp3) is 0.200. The number of methoxy groups -OCH3 is 2. The van der Waals surface area contributed by atoms with Crippen LogP contribution in [0.5, 0.6) is 11.5 Å². The number of amides is 1. The summed E-state index contributed by atoms with van der Waals surface area (Å²) in [5, 5.41) is 18.8. The molecule has 0 saturated carbocycles. The quantitative estimate of drug-likeness (QED) is 0.441. The van der Waals surface area contributed by atoms with E-state index < -0.39 is 6.10 Å². The third kappa shape index (κ3) is 4.43. The zero-order valence-electron chi connectivity index (χ0n) is 18.0. The molecule has 164 valence electrons. The first kappa shape index (κ1) is 21.4. The van der Waals surface area contributed by atoms with Crippen molar-refractivity contribution in [1.82, 2.24) is 15.1 Å². The Hall–Kier alpha value is -3.84. The maximum Gasteiger partial charge on any atom is 0.275 e. The monoisotopic (exact) mass is 431 g/mol. The Morgan fingerprint density at radius 2 is 1.81 bits per heavy atom. The number of hydrogen-bond donors (Lipinski definition) is 2. The van der Waals surface area contributed by atoms with Crippen LogP contribution in [0.25, 0.3) is 10.9 Å². The van der Waals surface area contributed by atoms with Crippen LogP contribution in [0.3, 0.4) is 0 Å². The number of benzene rings is 3. The van der Waals surface area contributed by atoms with E-state index in [0.29, 0.717) is 34.5 Å². The van der Waals surface area contributed by atoms with Gasteiger partial charge in [-0.1, -0.05) is 54.6 Å². The highest BCUT2D eigenvalue weighted by Crippen LogP contribution is 2.27. The maximum absolute atomic E-state index is 13.6. The average molecular weight is 431 g/mol. The van der Waals surface area contributed by atoms with E-state index in [0.717, 1.165) is 5.56 Å². The van der Waals surface area contributed by atoms with Crippen LogP contribution in [-0.2, 0) is 6.54 Å². The molecule has 7 nitrogen and oxygen atoms in total. The minimum absolute atomic E-state index is 0.0964. The molecule has 1 aromatic heterocycles. The second kappa shape index (κ2) is 9.53. The van der Waals surface area contributed by atoms with Gasteiger partial charge in [0.1, 0.15) is 17.0 Å². The van der Waals surface area contributed by atoms with Crippen LogP contribution in [0.2, 0.25) is 0 Å². The molecule has 0 spiro atoms. The number of H-pyrrole nitrogens is 1. The van der Waals surface area contributed by atoms with Crippen LogP contribution >= 0.6 is 0 Å². The molecule has 0 bridgehead atoms. The molecule has 0 aliphatic carbocycles. The first-order valence-corrected chi connectivity index (χ1v) is 10.3. The SMILES string of the molecule is COc1cccc(C(O)CN(Cc2ccccc2)C(=O)c2n[nH]c3c(OC)cccc23)c1. The fourth-order valence-corrected chi connectivity index (χ4v) is 3.68. The molecule has 0 aliphatic rings. The van der Waals surface area contributed by atoms with Gasteiger partial charge in [-0.2, -0.15) is 5.10 Å². The number of fused-ring (bicyclic) bond motifs is 1. The van der Waals surface area contributed by atoms with Crippen molar-refractivity contribution in [1.29, 1.82) is 0 Å². The lowest BCUT2D eigenvalue weighted by Crippen LogP contribution is -2.34. The number of para-hydroxylation sites is 1. The molecule has 1 unspecified atom stereocenters. The molecule has 0 radical (unpaired) electrons. The predicted molar refractivity (Wildman–Crippen MR) is 122 cm³/mol. The molecule has 4 aromatic rings. The van der Waals surface area contributed by atoms with Gasteiger partial charge >= 0.3 is 0 Å². The van der Waals surface area contributed by atoms with E-state index in [2.05, 4.69) is 10.2 Å². The van der Waals surface area contributed by atoms with Gasteiger partial charge in [0.25, 0.3) is 5.91 Å². The molecular weight excluding hydrogens is 406 g/mol. The first-order valence-electron chi connectivity index (χ1n) is 10.3. The normalized spacial score (nSPS) is 11.8. The molecule has 1 heterocycles. The minimum Gasteiger partial charge on any atom is -0.497 e. The molecule has 2 N–H and O–H groups in total. The molecule has 32 heavy (non-hydrogen) atoms. The predicted octanol–water partition coefficient (Wildman–Crippen LogP) is 3.96. The Balaban J connectivity index is 1.67. The Bertz CT molecular complexity index is 1210. The number of nitrogens with one attached hydrogen (secondary N) is 1. The highest BCUT2D eigenvalue weighted by Gasteiger charge is 2.25. The number of hydrogen-bond acceptors (Lipinski definition) is 5. The number of ether oxygens (including phenoxy) is 2. The van der Waals surface area contributed by atoms with Crippen molar-refractivity contribution in [3.63, 3.8) is 0 Å². The second-order valence-corrected chi connectivity index (χ2v) is 7.42. The number of carbonyl (C=O) groups is 1. The average Bonchev–Trinajstić information content (AvgIpc) is 3.28. The van der Waals surface area contributed by atoms with Crippen LogP contribution < -0.4 is 9.47 Å². The summed E-state index contributed by atoms with van der Waals surface area (Å²) in [7, 11) is 3.15. The summed E-state index contributed by atoms with van der Waals surface area (Å²) in [6.07, 6.45) is -0.891. The Kier molecular flexibility index (Phi) is 6.37. The van der Waals surface area contributed by atoms with Gasteiger partial charge in [0.15, 0.2) is 5.69 Å². The third-order valence-corrected chi connectivity index (χ3v) is 5.36. The van der Waals surface area contributed by atoms with Gasteiger partial charge in [-0.15, -0.1) is 0 Å². The smallest absolute Gasteiger partial charge is 0.275 e. The Morgan fingerprint density at radius 3 is 2.56 bits per heavy atom. The molecule has 0 aliphatic heterocycles. The van der Waals surface area contributed by atoms with E-state index in [1.807, 2.05) is 66.7 Å². The molecule has 7 heteroatoms. The van der Waals surface area contributed by atoms with Gasteiger partial charge in [-0.25, -0.2) is 0 Å². The van der Waals surface area contributed by atoms with Crippen molar-refractivity contribution < 1.29 is 19.4 Å². The lowest BCUT2D eigenvalue weighted by atomic mass is 10.1. The van der Waals surface area contributed by atoms with Gasteiger partial charge < -0.3 is 19.5 Å². The number of aromatic nitrogens is 2. The van der Waals surface area contributed by atoms with Crippen LogP contribution in [0, 0.1) is 0 Å². The number of aliphatic hydroxyl groups excluding tert-OH is 1. The Labute approximate surface area is 186 Å². The first-order chi connectivity index (χ1) is 15.6. The highest BCUT2D eigenvalue weighted by atomic mass is 16.5. The van der Waals surface area contributed by atoms with Crippen molar-refractivity contribution in [3.8, 4) is 11.5 Å². The fourth-order valence-electron chi connectivity index (χ4n) is 3.68. The van der Waals surface area contributed by atoms with Gasteiger partial charge in [0.05, 0.1) is 26.9 Å². The molecular formula is C25H25N3O4. The van der Waals surface area contributed by atoms with Gasteiger partial charge in [0, 0.05) is 11.9 Å². The van der Waals surface area contributed by atoms with Crippen molar-refractivity contribution in [2.45, 2.75) is 12.6 Å². The number of rotatable bonds is 8. The summed E-state index contributed by atoms with van der Waals surface area (Å²) in [6.45, 7) is 0.429. The minimum atomic E-state index is -0.891. The summed E-state index contributed by atoms with van der Waals surface area (Å²) < 4.78 is 10.6. The highest BCUT2D eigenvalue weighted by molar-refractivity contribution is 6.05. The largest absolute Gasteiger partial charge is 0.497 e. The zero-order chi connectivity index (χ0) is 22.5. The van der Waals surface area contributed by atoms with Crippen LogP contribution in [0.4, 0.5) is 0 Å².